The van der Waals surface area contributed by atoms with Crippen LogP contribution in [0.15, 0.2) is 65.8 Å². The van der Waals surface area contributed by atoms with Gasteiger partial charge in [-0.3, -0.25) is 9.78 Å². The van der Waals surface area contributed by atoms with E-state index in [0.29, 0.717) is 21.3 Å². The number of hydrogen-bond acceptors (Lipinski definition) is 3. The molecule has 3 rings (SSSR count). The van der Waals surface area contributed by atoms with Gasteiger partial charge in [-0.2, -0.15) is 0 Å². The molecule has 132 valence electrons. The van der Waals surface area contributed by atoms with Crippen molar-refractivity contribution in [3.63, 3.8) is 0 Å². The van der Waals surface area contributed by atoms with E-state index in [4.69, 9.17) is 23.2 Å². The molecular weight excluding hydrogens is 375 g/mol. The minimum absolute atomic E-state index is 0.141. The monoisotopic (exact) mass is 388 g/mol. The lowest BCUT2D eigenvalue weighted by Gasteiger charge is -2.12. The van der Waals surface area contributed by atoms with Crippen LogP contribution >= 0.6 is 23.2 Å². The zero-order valence-corrected chi connectivity index (χ0v) is 15.0. The summed E-state index contributed by atoms with van der Waals surface area (Å²) in [6.45, 7) is 0.193. The van der Waals surface area contributed by atoms with Crippen LogP contribution in [-0.2, 0) is 6.54 Å². The maximum Gasteiger partial charge on any atom is 0.323 e. The molecule has 2 aromatic heterocycles. The summed E-state index contributed by atoms with van der Waals surface area (Å²) in [7, 11) is 0. The number of nitrogens with zero attached hydrogens (tertiary/aromatic N) is 2. The van der Waals surface area contributed by atoms with Gasteiger partial charge in [0.05, 0.1) is 6.54 Å². The summed E-state index contributed by atoms with van der Waals surface area (Å²) < 4.78 is 1.43. The van der Waals surface area contributed by atoms with Gasteiger partial charge < -0.3 is 15.2 Å². The van der Waals surface area contributed by atoms with Crippen LogP contribution in [0.3, 0.4) is 0 Å². The lowest BCUT2D eigenvalue weighted by molar-refractivity contribution is 0.262. The first-order valence-corrected chi connectivity index (χ1v) is 8.40. The van der Waals surface area contributed by atoms with E-state index in [2.05, 4.69) is 15.6 Å². The van der Waals surface area contributed by atoms with Crippen LogP contribution in [0.2, 0.25) is 10.0 Å². The number of carbonyl (C=O) groups is 1. The highest BCUT2D eigenvalue weighted by atomic mass is 35.5. The van der Waals surface area contributed by atoms with Crippen molar-refractivity contribution < 1.29 is 4.79 Å². The first-order valence-electron chi connectivity index (χ1n) is 7.65. The van der Waals surface area contributed by atoms with Gasteiger partial charge in [0.2, 0.25) is 0 Å². The number of aromatic nitrogens is 2. The van der Waals surface area contributed by atoms with E-state index < -0.39 is 6.03 Å². The summed E-state index contributed by atoms with van der Waals surface area (Å²) in [5, 5.41) is 6.11. The second kappa shape index (κ2) is 8.03. The molecule has 6 nitrogen and oxygen atoms in total. The summed E-state index contributed by atoms with van der Waals surface area (Å²) in [5.41, 5.74) is 0.975. The Bertz CT molecular complexity index is 970. The Kier molecular flexibility index (Phi) is 5.55. The van der Waals surface area contributed by atoms with Crippen molar-refractivity contribution >= 4 is 40.6 Å². The molecule has 8 heteroatoms. The molecule has 2 N–H and O–H groups in total. The SMILES string of the molecule is O=C(Nc1ccncc1)Nc1cccn(Cc2c(Cl)cccc2Cl)c1=O. The van der Waals surface area contributed by atoms with Gasteiger partial charge in [0, 0.05) is 39.9 Å². The van der Waals surface area contributed by atoms with Crippen molar-refractivity contribution in [1.29, 1.82) is 0 Å². The maximum absolute atomic E-state index is 12.6. The van der Waals surface area contributed by atoms with Gasteiger partial charge in [0.15, 0.2) is 0 Å². The molecule has 0 bridgehead atoms. The second-order valence-electron chi connectivity index (χ2n) is 5.37. The quantitative estimate of drug-likeness (QED) is 0.701. The molecule has 0 atom stereocenters. The van der Waals surface area contributed by atoms with Gasteiger partial charge in [0.1, 0.15) is 5.69 Å². The zero-order valence-electron chi connectivity index (χ0n) is 13.4. The Morgan fingerprint density at radius 1 is 1.00 bits per heavy atom. The highest BCUT2D eigenvalue weighted by Gasteiger charge is 2.11. The predicted octanol–water partition coefficient (Wildman–Crippen LogP) is 4.24. The lowest BCUT2D eigenvalue weighted by atomic mass is 10.2. The van der Waals surface area contributed by atoms with E-state index in [0.717, 1.165) is 0 Å². The summed E-state index contributed by atoms with van der Waals surface area (Å²) in [6.07, 6.45) is 4.71. The molecule has 0 spiro atoms. The summed E-state index contributed by atoms with van der Waals surface area (Å²) >= 11 is 12.3. The number of rotatable bonds is 4. The van der Waals surface area contributed by atoms with Crippen molar-refractivity contribution in [1.82, 2.24) is 9.55 Å². The van der Waals surface area contributed by atoms with Crippen LogP contribution in [0.5, 0.6) is 0 Å². The molecule has 3 aromatic rings. The van der Waals surface area contributed by atoms with E-state index in [1.165, 1.54) is 10.6 Å². The van der Waals surface area contributed by atoms with Crippen LogP contribution in [-0.4, -0.2) is 15.6 Å². The third kappa shape index (κ3) is 4.22. The fourth-order valence-electron chi connectivity index (χ4n) is 2.33. The Morgan fingerprint density at radius 2 is 1.69 bits per heavy atom. The molecule has 0 unspecified atom stereocenters. The Hall–Kier alpha value is -2.83. The number of urea groups is 1. The molecule has 0 aliphatic rings. The first kappa shape index (κ1) is 18.0. The number of amides is 2. The molecule has 1 aromatic carbocycles. The number of halogens is 2. The zero-order chi connectivity index (χ0) is 18.5. The van der Waals surface area contributed by atoms with Crippen molar-refractivity contribution in [2.45, 2.75) is 6.54 Å². The predicted molar refractivity (Wildman–Crippen MR) is 103 cm³/mol. The molecule has 0 aliphatic carbocycles. The van der Waals surface area contributed by atoms with Crippen molar-refractivity contribution in [3.8, 4) is 0 Å². The van der Waals surface area contributed by atoms with Crippen LogP contribution in [0, 0.1) is 0 Å². The average Bonchev–Trinajstić information content (AvgIpc) is 2.62. The molecule has 0 aliphatic heterocycles. The van der Waals surface area contributed by atoms with Crippen molar-refractivity contribution in [2.24, 2.45) is 0 Å². The van der Waals surface area contributed by atoms with E-state index in [9.17, 15) is 9.59 Å². The third-order valence-corrected chi connectivity index (χ3v) is 4.30. The Balaban J connectivity index is 1.79. The highest BCUT2D eigenvalue weighted by Crippen LogP contribution is 2.24. The van der Waals surface area contributed by atoms with Gasteiger partial charge in [-0.05, 0) is 36.4 Å². The topological polar surface area (TPSA) is 76.0 Å². The van der Waals surface area contributed by atoms with E-state index >= 15 is 0 Å². The fraction of sp³-hybridized carbons (Fsp3) is 0.0556. The molecule has 0 radical (unpaired) electrons. The van der Waals surface area contributed by atoms with E-state index in [-0.39, 0.29) is 17.8 Å². The molecule has 0 fully saturated rings. The van der Waals surface area contributed by atoms with Crippen LogP contribution < -0.4 is 16.2 Å². The third-order valence-electron chi connectivity index (χ3n) is 3.60. The molecule has 2 amide bonds. The average molecular weight is 389 g/mol. The van der Waals surface area contributed by atoms with Crippen molar-refractivity contribution in [2.75, 3.05) is 10.6 Å². The standard InChI is InChI=1S/C18H14Cl2N4O2/c19-14-3-1-4-15(20)13(14)11-24-10-2-5-16(17(24)25)23-18(26)22-12-6-8-21-9-7-12/h1-10H,11H2,(H2,21,22,23,26). The van der Waals surface area contributed by atoms with Gasteiger partial charge >= 0.3 is 6.03 Å². The van der Waals surface area contributed by atoms with Gasteiger partial charge in [-0.1, -0.05) is 29.3 Å². The summed E-state index contributed by atoms with van der Waals surface area (Å²) in [5.74, 6) is 0. The minimum Gasteiger partial charge on any atom is -0.309 e. The second-order valence-corrected chi connectivity index (χ2v) is 6.18. The number of hydrogen-bond donors (Lipinski definition) is 2. The van der Waals surface area contributed by atoms with Gasteiger partial charge in [-0.15, -0.1) is 0 Å². The highest BCUT2D eigenvalue weighted by molar-refractivity contribution is 6.35. The molecule has 0 saturated heterocycles. The smallest absolute Gasteiger partial charge is 0.309 e. The minimum atomic E-state index is -0.526. The molecular formula is C18H14Cl2N4O2. The molecule has 26 heavy (non-hydrogen) atoms. The fourth-order valence-corrected chi connectivity index (χ4v) is 2.85. The molecule has 0 saturated carbocycles. The number of carbonyl (C=O) groups excluding carboxylic acids is 1. The first-order chi connectivity index (χ1) is 12.5. The number of benzene rings is 1. The van der Waals surface area contributed by atoms with Crippen molar-refractivity contribution in [3.05, 3.63) is 87.0 Å². The van der Waals surface area contributed by atoms with Gasteiger partial charge in [-0.25, -0.2) is 4.79 Å². The summed E-state index contributed by atoms with van der Waals surface area (Å²) in [6, 6.07) is 11.1. The Labute approximate surface area is 159 Å². The lowest BCUT2D eigenvalue weighted by Crippen LogP contribution is -2.28. The van der Waals surface area contributed by atoms with Crippen LogP contribution in [0.1, 0.15) is 5.56 Å². The van der Waals surface area contributed by atoms with E-state index in [1.54, 1.807) is 55.0 Å². The maximum atomic E-state index is 12.6. The molecule has 2 heterocycles. The largest absolute Gasteiger partial charge is 0.323 e. The van der Waals surface area contributed by atoms with Crippen LogP contribution in [0.25, 0.3) is 0 Å². The summed E-state index contributed by atoms with van der Waals surface area (Å²) in [4.78, 5) is 28.6. The number of pyridine rings is 2. The van der Waals surface area contributed by atoms with Gasteiger partial charge in [0.25, 0.3) is 5.56 Å². The number of anilines is 2. The van der Waals surface area contributed by atoms with Crippen LogP contribution in [0.4, 0.5) is 16.2 Å². The van der Waals surface area contributed by atoms with E-state index in [1.807, 2.05) is 0 Å². The number of nitrogens with one attached hydrogen (secondary N) is 2. The Morgan fingerprint density at radius 3 is 2.38 bits per heavy atom. The normalized spacial score (nSPS) is 10.4.